The lowest BCUT2D eigenvalue weighted by atomic mass is 10.2. The summed E-state index contributed by atoms with van der Waals surface area (Å²) in [6.45, 7) is 1.04. The van der Waals surface area contributed by atoms with Crippen LogP contribution in [0.5, 0.6) is 0 Å². The summed E-state index contributed by atoms with van der Waals surface area (Å²) in [5.74, 6) is 2.22. The van der Waals surface area contributed by atoms with Crippen LogP contribution < -0.4 is 10.6 Å². The quantitative estimate of drug-likeness (QED) is 0.543. The van der Waals surface area contributed by atoms with Crippen molar-refractivity contribution in [1.29, 1.82) is 0 Å². The predicted molar refractivity (Wildman–Crippen MR) is 90.0 cm³/mol. The Hall–Kier alpha value is -3.16. The van der Waals surface area contributed by atoms with Crippen molar-refractivity contribution in [3.63, 3.8) is 0 Å². The van der Waals surface area contributed by atoms with Crippen LogP contribution in [0.2, 0.25) is 0 Å². The van der Waals surface area contributed by atoms with Crippen molar-refractivity contribution in [2.75, 3.05) is 7.05 Å². The molecule has 124 valence electrons. The minimum Gasteiger partial charge on any atom is -0.356 e. The highest BCUT2D eigenvalue weighted by atomic mass is 16.5. The number of rotatable bonds is 5. The molecule has 3 rings (SSSR count). The molecule has 0 spiro atoms. The van der Waals surface area contributed by atoms with E-state index < -0.39 is 0 Å². The molecule has 2 aromatic heterocycles. The van der Waals surface area contributed by atoms with Crippen LogP contribution >= 0.6 is 0 Å². The summed E-state index contributed by atoms with van der Waals surface area (Å²) in [5.41, 5.74) is 1.80. The topological polar surface area (TPSA) is 93.2 Å². The second kappa shape index (κ2) is 7.40. The van der Waals surface area contributed by atoms with Gasteiger partial charge in [-0.15, -0.1) is 0 Å². The van der Waals surface area contributed by atoms with Crippen molar-refractivity contribution in [2.24, 2.45) is 12.0 Å². The maximum absolute atomic E-state index is 5.38. The van der Waals surface area contributed by atoms with Crippen molar-refractivity contribution in [3.8, 4) is 11.3 Å². The van der Waals surface area contributed by atoms with Gasteiger partial charge in [-0.3, -0.25) is 9.67 Å². The van der Waals surface area contributed by atoms with E-state index in [0.717, 1.165) is 22.8 Å². The molecule has 0 radical (unpaired) electrons. The maximum Gasteiger partial charge on any atom is 0.191 e. The van der Waals surface area contributed by atoms with Crippen LogP contribution in [0.1, 0.15) is 11.5 Å². The molecular weight excluding hydrogens is 306 g/mol. The third-order valence-corrected chi connectivity index (χ3v) is 3.50. The number of nitrogens with zero attached hydrogens (tertiary/aromatic N) is 5. The van der Waals surface area contributed by atoms with Crippen molar-refractivity contribution in [1.82, 2.24) is 30.6 Å². The highest BCUT2D eigenvalue weighted by Gasteiger charge is 2.07. The second-order valence-electron chi connectivity index (χ2n) is 5.13. The van der Waals surface area contributed by atoms with Gasteiger partial charge in [-0.2, -0.15) is 5.10 Å². The number of aromatic nitrogens is 4. The van der Waals surface area contributed by atoms with E-state index in [1.165, 1.54) is 6.33 Å². The molecule has 2 N–H and O–H groups in total. The van der Waals surface area contributed by atoms with E-state index in [2.05, 4.69) is 30.9 Å². The van der Waals surface area contributed by atoms with Crippen LogP contribution in [0, 0.1) is 0 Å². The summed E-state index contributed by atoms with van der Waals surface area (Å²) < 4.78 is 7.09. The highest BCUT2D eigenvalue weighted by molar-refractivity contribution is 5.79. The van der Waals surface area contributed by atoms with E-state index in [1.807, 2.05) is 43.4 Å². The molecule has 3 aromatic rings. The van der Waals surface area contributed by atoms with Gasteiger partial charge in [-0.05, 0) is 0 Å². The average Bonchev–Trinajstić information content (AvgIpc) is 3.25. The van der Waals surface area contributed by atoms with Crippen molar-refractivity contribution < 1.29 is 4.52 Å². The molecule has 8 heteroatoms. The molecule has 0 amide bonds. The number of hydrogen-bond acceptors (Lipinski definition) is 5. The van der Waals surface area contributed by atoms with Gasteiger partial charge >= 0.3 is 0 Å². The standard InChI is InChI=1S/C16H19N7O/c1-17-16(19-10-15-20-11-21-23(15)2)18-9-13-8-14(24-22-13)12-6-4-3-5-7-12/h3-8,11H,9-10H2,1-2H3,(H2,17,18,19). The molecule has 0 saturated carbocycles. The third-order valence-electron chi connectivity index (χ3n) is 3.50. The molecule has 0 unspecified atom stereocenters. The summed E-state index contributed by atoms with van der Waals surface area (Å²) in [5, 5.41) is 14.5. The van der Waals surface area contributed by atoms with Crippen molar-refractivity contribution in [3.05, 3.63) is 54.2 Å². The van der Waals surface area contributed by atoms with Crippen LogP contribution in [-0.2, 0) is 20.1 Å². The minimum atomic E-state index is 0.509. The van der Waals surface area contributed by atoms with Gasteiger partial charge in [0.1, 0.15) is 17.8 Å². The summed E-state index contributed by atoms with van der Waals surface area (Å²) in [6, 6.07) is 11.8. The number of aryl methyl sites for hydroxylation is 1. The Kier molecular flexibility index (Phi) is 4.85. The fraction of sp³-hybridized carbons (Fsp3) is 0.250. The number of hydrogen-bond donors (Lipinski definition) is 2. The second-order valence-corrected chi connectivity index (χ2v) is 5.13. The Balaban J connectivity index is 1.54. The zero-order valence-corrected chi connectivity index (χ0v) is 13.6. The lowest BCUT2D eigenvalue weighted by Gasteiger charge is -2.10. The molecule has 0 fully saturated rings. The third kappa shape index (κ3) is 3.78. The van der Waals surface area contributed by atoms with Gasteiger partial charge in [0, 0.05) is 25.7 Å². The van der Waals surface area contributed by atoms with Gasteiger partial charge < -0.3 is 15.2 Å². The average molecular weight is 325 g/mol. The van der Waals surface area contributed by atoms with E-state index in [0.29, 0.717) is 19.0 Å². The zero-order valence-electron chi connectivity index (χ0n) is 13.6. The first-order valence-electron chi connectivity index (χ1n) is 7.54. The Morgan fingerprint density at radius 1 is 1.21 bits per heavy atom. The molecule has 0 bridgehead atoms. The number of guanidine groups is 1. The van der Waals surface area contributed by atoms with Gasteiger partial charge in [0.05, 0.1) is 13.1 Å². The van der Waals surface area contributed by atoms with E-state index in [9.17, 15) is 0 Å². The lowest BCUT2D eigenvalue weighted by molar-refractivity contribution is 0.422. The monoisotopic (exact) mass is 325 g/mol. The summed E-state index contributed by atoms with van der Waals surface area (Å²) in [6.07, 6.45) is 1.52. The summed E-state index contributed by atoms with van der Waals surface area (Å²) in [4.78, 5) is 8.33. The molecule has 8 nitrogen and oxygen atoms in total. The van der Waals surface area contributed by atoms with Crippen LogP contribution in [0.4, 0.5) is 0 Å². The molecule has 1 aromatic carbocycles. The number of benzene rings is 1. The Morgan fingerprint density at radius 3 is 2.71 bits per heavy atom. The molecule has 0 saturated heterocycles. The lowest BCUT2D eigenvalue weighted by Crippen LogP contribution is -2.37. The fourth-order valence-corrected chi connectivity index (χ4v) is 2.17. The Morgan fingerprint density at radius 2 is 2.00 bits per heavy atom. The first-order chi connectivity index (χ1) is 11.8. The first kappa shape index (κ1) is 15.7. The number of nitrogens with one attached hydrogen (secondary N) is 2. The summed E-state index contributed by atoms with van der Waals surface area (Å²) in [7, 11) is 3.56. The number of aliphatic imine (C=N–C) groups is 1. The predicted octanol–water partition coefficient (Wildman–Crippen LogP) is 1.34. The normalized spacial score (nSPS) is 11.5. The van der Waals surface area contributed by atoms with Gasteiger partial charge in [0.25, 0.3) is 0 Å². The van der Waals surface area contributed by atoms with Crippen LogP contribution in [-0.4, -0.2) is 32.9 Å². The van der Waals surface area contributed by atoms with Crippen LogP contribution in [0.25, 0.3) is 11.3 Å². The van der Waals surface area contributed by atoms with Gasteiger partial charge in [0.2, 0.25) is 0 Å². The summed E-state index contributed by atoms with van der Waals surface area (Å²) >= 11 is 0. The Labute approximate surface area is 139 Å². The van der Waals surface area contributed by atoms with Gasteiger partial charge in [0.15, 0.2) is 11.7 Å². The Bertz CT molecular complexity index is 807. The van der Waals surface area contributed by atoms with Crippen LogP contribution in [0.15, 0.2) is 52.2 Å². The first-order valence-corrected chi connectivity index (χ1v) is 7.54. The SMILES string of the molecule is CN=C(NCc1cc(-c2ccccc2)on1)NCc1ncnn1C. The van der Waals surface area contributed by atoms with Gasteiger partial charge in [-0.1, -0.05) is 35.5 Å². The molecule has 0 atom stereocenters. The van der Waals surface area contributed by atoms with Crippen LogP contribution in [0.3, 0.4) is 0 Å². The fourth-order valence-electron chi connectivity index (χ4n) is 2.17. The largest absolute Gasteiger partial charge is 0.356 e. The van der Waals surface area contributed by atoms with Crippen molar-refractivity contribution in [2.45, 2.75) is 13.1 Å². The molecule has 0 aliphatic heterocycles. The molecule has 2 heterocycles. The van der Waals surface area contributed by atoms with Gasteiger partial charge in [-0.25, -0.2) is 4.98 Å². The van der Waals surface area contributed by atoms with E-state index >= 15 is 0 Å². The van der Waals surface area contributed by atoms with E-state index in [1.54, 1.807) is 11.7 Å². The van der Waals surface area contributed by atoms with E-state index in [-0.39, 0.29) is 0 Å². The molecule has 24 heavy (non-hydrogen) atoms. The molecular formula is C16H19N7O. The smallest absolute Gasteiger partial charge is 0.191 e. The molecule has 0 aliphatic carbocycles. The highest BCUT2D eigenvalue weighted by Crippen LogP contribution is 2.19. The maximum atomic E-state index is 5.38. The zero-order chi connectivity index (χ0) is 16.8. The molecule has 0 aliphatic rings. The van der Waals surface area contributed by atoms with Crippen molar-refractivity contribution >= 4 is 5.96 Å². The minimum absolute atomic E-state index is 0.509. The van der Waals surface area contributed by atoms with E-state index in [4.69, 9.17) is 4.52 Å².